The van der Waals surface area contributed by atoms with Gasteiger partial charge in [0.25, 0.3) is 0 Å². The van der Waals surface area contributed by atoms with Crippen molar-refractivity contribution in [3.8, 4) is 0 Å². The molecular weight excluding hydrogens is 218 g/mol. The molecule has 2 rings (SSSR count). The third-order valence-electron chi connectivity index (χ3n) is 3.81. The highest BCUT2D eigenvalue weighted by molar-refractivity contribution is 5.73. The van der Waals surface area contributed by atoms with E-state index in [0.717, 1.165) is 32.1 Å². The quantitative estimate of drug-likeness (QED) is 0.746. The monoisotopic (exact) mass is 241 g/mol. The summed E-state index contributed by atoms with van der Waals surface area (Å²) in [6.07, 6.45) is 4.84. The fourth-order valence-corrected chi connectivity index (χ4v) is 2.97. The van der Waals surface area contributed by atoms with Gasteiger partial charge in [-0.2, -0.15) is 0 Å². The van der Waals surface area contributed by atoms with Gasteiger partial charge in [0.1, 0.15) is 6.10 Å². The average Bonchev–Trinajstić information content (AvgIpc) is 2.62. The van der Waals surface area contributed by atoms with E-state index in [1.165, 1.54) is 0 Å². The van der Waals surface area contributed by atoms with Crippen LogP contribution in [0.1, 0.15) is 46.0 Å². The standard InChI is InChI=1S/C13H23NO3/c1-8-6-10(7-9(2)16-8)17-13(15)11-4-3-5-12(11)14/h8-12H,3-7,14H2,1-2H3. The van der Waals surface area contributed by atoms with Crippen LogP contribution >= 0.6 is 0 Å². The summed E-state index contributed by atoms with van der Waals surface area (Å²) in [6.45, 7) is 4.05. The van der Waals surface area contributed by atoms with Gasteiger partial charge >= 0.3 is 5.97 Å². The molecule has 98 valence electrons. The molecule has 0 aromatic carbocycles. The van der Waals surface area contributed by atoms with Crippen LogP contribution in [-0.4, -0.2) is 30.3 Å². The Morgan fingerprint density at radius 3 is 2.41 bits per heavy atom. The first-order valence-corrected chi connectivity index (χ1v) is 6.67. The molecule has 1 saturated carbocycles. The minimum atomic E-state index is -0.0960. The fraction of sp³-hybridized carbons (Fsp3) is 0.923. The predicted molar refractivity (Wildman–Crippen MR) is 64.4 cm³/mol. The van der Waals surface area contributed by atoms with Gasteiger partial charge in [0.2, 0.25) is 0 Å². The molecule has 0 amide bonds. The van der Waals surface area contributed by atoms with E-state index in [1.54, 1.807) is 0 Å². The lowest BCUT2D eigenvalue weighted by atomic mass is 10.0. The Labute approximate surface area is 103 Å². The fourth-order valence-electron chi connectivity index (χ4n) is 2.97. The molecule has 0 spiro atoms. The second kappa shape index (κ2) is 5.36. The maximum atomic E-state index is 12.0. The number of ether oxygens (including phenoxy) is 2. The molecule has 1 aliphatic heterocycles. The molecule has 4 unspecified atom stereocenters. The minimum absolute atomic E-state index is 0.00260. The summed E-state index contributed by atoms with van der Waals surface area (Å²) in [5.74, 6) is -0.176. The summed E-state index contributed by atoms with van der Waals surface area (Å²) in [6, 6.07) is -0.00260. The molecule has 1 heterocycles. The summed E-state index contributed by atoms with van der Waals surface area (Å²) < 4.78 is 11.2. The van der Waals surface area contributed by atoms with Crippen LogP contribution in [0.25, 0.3) is 0 Å². The maximum Gasteiger partial charge on any atom is 0.310 e. The van der Waals surface area contributed by atoms with Gasteiger partial charge in [-0.25, -0.2) is 0 Å². The molecule has 2 fully saturated rings. The molecule has 2 N–H and O–H groups in total. The Morgan fingerprint density at radius 2 is 1.88 bits per heavy atom. The summed E-state index contributed by atoms with van der Waals surface area (Å²) in [5.41, 5.74) is 5.91. The number of hydrogen-bond donors (Lipinski definition) is 1. The Bertz CT molecular complexity index is 272. The van der Waals surface area contributed by atoms with Crippen LogP contribution in [0, 0.1) is 5.92 Å². The molecular formula is C13H23NO3. The van der Waals surface area contributed by atoms with E-state index in [9.17, 15) is 4.79 Å². The zero-order valence-electron chi connectivity index (χ0n) is 10.7. The van der Waals surface area contributed by atoms with Crippen molar-refractivity contribution in [3.05, 3.63) is 0 Å². The van der Waals surface area contributed by atoms with Gasteiger partial charge in [-0.15, -0.1) is 0 Å². The van der Waals surface area contributed by atoms with E-state index in [2.05, 4.69) is 0 Å². The first kappa shape index (κ1) is 12.8. The van der Waals surface area contributed by atoms with E-state index < -0.39 is 0 Å². The molecule has 2 aliphatic rings. The number of hydrogen-bond acceptors (Lipinski definition) is 4. The van der Waals surface area contributed by atoms with Gasteiger partial charge in [-0.3, -0.25) is 4.79 Å². The lowest BCUT2D eigenvalue weighted by Crippen LogP contribution is -2.39. The van der Waals surface area contributed by atoms with Crippen molar-refractivity contribution in [1.29, 1.82) is 0 Å². The molecule has 0 bridgehead atoms. The van der Waals surface area contributed by atoms with E-state index >= 15 is 0 Å². The highest BCUT2D eigenvalue weighted by Gasteiger charge is 2.34. The second-order valence-electron chi connectivity index (χ2n) is 5.49. The highest BCUT2D eigenvalue weighted by Crippen LogP contribution is 2.28. The predicted octanol–water partition coefficient (Wildman–Crippen LogP) is 1.61. The van der Waals surface area contributed by atoms with Crippen molar-refractivity contribution in [3.63, 3.8) is 0 Å². The molecule has 17 heavy (non-hydrogen) atoms. The van der Waals surface area contributed by atoms with E-state index in [1.807, 2.05) is 13.8 Å². The lowest BCUT2D eigenvalue weighted by Gasteiger charge is -2.32. The minimum Gasteiger partial charge on any atom is -0.462 e. The molecule has 4 heteroatoms. The van der Waals surface area contributed by atoms with Gasteiger partial charge in [0.05, 0.1) is 18.1 Å². The SMILES string of the molecule is CC1CC(OC(=O)C2CCCC2N)CC(C)O1. The largest absolute Gasteiger partial charge is 0.462 e. The van der Waals surface area contributed by atoms with Crippen LogP contribution < -0.4 is 5.73 Å². The molecule has 1 saturated heterocycles. The molecule has 4 atom stereocenters. The first-order valence-electron chi connectivity index (χ1n) is 6.67. The molecule has 0 radical (unpaired) electrons. The Kier molecular flexibility index (Phi) is 4.05. The third-order valence-corrected chi connectivity index (χ3v) is 3.81. The van der Waals surface area contributed by atoms with Crippen LogP contribution in [0.3, 0.4) is 0 Å². The van der Waals surface area contributed by atoms with Gasteiger partial charge in [0.15, 0.2) is 0 Å². The topological polar surface area (TPSA) is 61.5 Å². The van der Waals surface area contributed by atoms with Crippen LogP contribution in [-0.2, 0) is 14.3 Å². The summed E-state index contributed by atoms with van der Waals surface area (Å²) in [5, 5.41) is 0. The number of carbonyl (C=O) groups excluding carboxylic acids is 1. The van der Waals surface area contributed by atoms with Crippen molar-refractivity contribution in [2.24, 2.45) is 11.7 Å². The van der Waals surface area contributed by atoms with Crippen molar-refractivity contribution in [1.82, 2.24) is 0 Å². The number of rotatable bonds is 2. The normalized spacial score (nSPS) is 42.4. The van der Waals surface area contributed by atoms with Gasteiger partial charge in [0, 0.05) is 18.9 Å². The highest BCUT2D eigenvalue weighted by atomic mass is 16.6. The number of carbonyl (C=O) groups is 1. The number of nitrogens with two attached hydrogens (primary N) is 1. The summed E-state index contributed by atoms with van der Waals surface area (Å²) in [4.78, 5) is 12.0. The van der Waals surface area contributed by atoms with Crippen LogP contribution in [0.5, 0.6) is 0 Å². The first-order chi connectivity index (χ1) is 8.06. The third kappa shape index (κ3) is 3.19. The van der Waals surface area contributed by atoms with E-state index in [4.69, 9.17) is 15.2 Å². The average molecular weight is 241 g/mol. The Balaban J connectivity index is 1.85. The smallest absolute Gasteiger partial charge is 0.310 e. The van der Waals surface area contributed by atoms with Gasteiger partial charge in [-0.1, -0.05) is 6.42 Å². The van der Waals surface area contributed by atoms with Gasteiger partial charge in [-0.05, 0) is 26.7 Å². The van der Waals surface area contributed by atoms with Crippen LogP contribution in [0.4, 0.5) is 0 Å². The van der Waals surface area contributed by atoms with E-state index in [-0.39, 0.29) is 36.2 Å². The van der Waals surface area contributed by atoms with Crippen LogP contribution in [0.2, 0.25) is 0 Å². The van der Waals surface area contributed by atoms with Crippen molar-refractivity contribution in [2.45, 2.75) is 70.3 Å². The van der Waals surface area contributed by atoms with Crippen molar-refractivity contribution >= 4 is 5.97 Å². The summed E-state index contributed by atoms with van der Waals surface area (Å²) >= 11 is 0. The zero-order valence-corrected chi connectivity index (χ0v) is 10.7. The molecule has 0 aromatic heterocycles. The Morgan fingerprint density at radius 1 is 1.24 bits per heavy atom. The molecule has 1 aliphatic carbocycles. The van der Waals surface area contributed by atoms with Gasteiger partial charge < -0.3 is 15.2 Å². The zero-order chi connectivity index (χ0) is 12.4. The summed E-state index contributed by atoms with van der Waals surface area (Å²) in [7, 11) is 0. The number of esters is 1. The van der Waals surface area contributed by atoms with Crippen molar-refractivity contribution in [2.75, 3.05) is 0 Å². The Hall–Kier alpha value is -0.610. The second-order valence-corrected chi connectivity index (χ2v) is 5.49. The molecule has 0 aromatic rings. The lowest BCUT2D eigenvalue weighted by molar-refractivity contribution is -0.164. The van der Waals surface area contributed by atoms with Crippen molar-refractivity contribution < 1.29 is 14.3 Å². The van der Waals surface area contributed by atoms with E-state index in [0.29, 0.717) is 0 Å². The van der Waals surface area contributed by atoms with Crippen LogP contribution in [0.15, 0.2) is 0 Å². The molecule has 4 nitrogen and oxygen atoms in total. The maximum absolute atomic E-state index is 12.0.